The van der Waals surface area contributed by atoms with Gasteiger partial charge >= 0.3 is 6.18 Å². The first kappa shape index (κ1) is 20.3. The van der Waals surface area contributed by atoms with Crippen molar-refractivity contribution in [3.05, 3.63) is 72.1 Å². The lowest BCUT2D eigenvalue weighted by Gasteiger charge is -2.15. The van der Waals surface area contributed by atoms with Gasteiger partial charge in [-0.15, -0.1) is 11.8 Å². The zero-order valence-electron chi connectivity index (χ0n) is 15.8. The van der Waals surface area contributed by atoms with Crippen molar-refractivity contribution < 1.29 is 18.0 Å². The highest BCUT2D eigenvalue weighted by Crippen LogP contribution is 2.41. The van der Waals surface area contributed by atoms with Crippen molar-refractivity contribution in [2.45, 2.75) is 17.5 Å². The van der Waals surface area contributed by atoms with Gasteiger partial charge in [0.15, 0.2) is 0 Å². The molecule has 0 unspecified atom stereocenters. The van der Waals surface area contributed by atoms with Gasteiger partial charge in [-0.25, -0.2) is 0 Å². The number of halogens is 3. The van der Waals surface area contributed by atoms with E-state index in [-0.39, 0.29) is 10.6 Å². The lowest BCUT2D eigenvalue weighted by atomic mass is 10.1. The predicted molar refractivity (Wildman–Crippen MR) is 113 cm³/mol. The number of hydrogen-bond acceptors (Lipinski definition) is 4. The van der Waals surface area contributed by atoms with Crippen molar-refractivity contribution in [1.29, 1.82) is 0 Å². The van der Waals surface area contributed by atoms with E-state index in [1.807, 2.05) is 30.3 Å². The number of pyridine rings is 1. The smallest absolute Gasteiger partial charge is 0.384 e. The second-order valence-electron chi connectivity index (χ2n) is 6.85. The van der Waals surface area contributed by atoms with Crippen LogP contribution in [0.3, 0.4) is 0 Å². The van der Waals surface area contributed by atoms with Crippen LogP contribution in [-0.4, -0.2) is 23.2 Å². The summed E-state index contributed by atoms with van der Waals surface area (Å²) in [6, 6.07) is 14.0. The molecule has 8 heteroatoms. The summed E-state index contributed by atoms with van der Waals surface area (Å²) in [4.78, 5) is 16.6. The largest absolute Gasteiger partial charge is 0.417 e. The Labute approximate surface area is 175 Å². The molecule has 0 fully saturated rings. The van der Waals surface area contributed by atoms with E-state index < -0.39 is 17.6 Å². The van der Waals surface area contributed by atoms with Crippen LogP contribution in [0, 0.1) is 0 Å². The summed E-state index contributed by atoms with van der Waals surface area (Å²) in [7, 11) is 0. The number of anilines is 2. The zero-order valence-corrected chi connectivity index (χ0v) is 16.6. The first-order valence-electron chi connectivity index (χ1n) is 9.31. The molecule has 0 bridgehead atoms. The van der Waals surface area contributed by atoms with Crippen LogP contribution in [0.15, 0.2) is 65.8 Å². The van der Waals surface area contributed by atoms with E-state index in [2.05, 4.69) is 15.6 Å². The molecule has 0 spiro atoms. The Balaban J connectivity index is 1.46. The Morgan fingerprint density at radius 3 is 2.67 bits per heavy atom. The van der Waals surface area contributed by atoms with E-state index in [1.165, 1.54) is 12.3 Å². The Morgan fingerprint density at radius 2 is 1.90 bits per heavy atom. The van der Waals surface area contributed by atoms with Gasteiger partial charge in [0.05, 0.1) is 23.2 Å². The van der Waals surface area contributed by atoms with Crippen LogP contribution in [0.5, 0.6) is 0 Å². The third-order valence-electron chi connectivity index (χ3n) is 4.71. The Bertz CT molecular complexity index is 1070. The highest BCUT2D eigenvalue weighted by atomic mass is 32.2. The number of benzene rings is 2. The van der Waals surface area contributed by atoms with Gasteiger partial charge in [-0.1, -0.05) is 30.3 Å². The number of aromatic nitrogens is 1. The summed E-state index contributed by atoms with van der Waals surface area (Å²) in [5.41, 5.74) is 2.92. The molecule has 1 amide bonds. The third kappa shape index (κ3) is 4.59. The number of nitrogens with one attached hydrogen (secondary N) is 2. The molecule has 2 aromatic carbocycles. The second-order valence-corrected chi connectivity index (χ2v) is 7.86. The summed E-state index contributed by atoms with van der Waals surface area (Å²) in [6.45, 7) is 0.617. The van der Waals surface area contributed by atoms with Crippen molar-refractivity contribution in [2.24, 2.45) is 0 Å². The Hall–Kier alpha value is -3.00. The minimum Gasteiger partial charge on any atom is -0.384 e. The standard InChI is InChI=1S/C22H18F3N3OS/c23-22(24,25)18-10-19-15(6-7-27-19)9-20(18)30-13-21(29)28-17-8-16(11-26-12-17)14-4-2-1-3-5-14/h1-5,8-12,27H,6-7,13H2,(H,28,29). The number of carbonyl (C=O) groups excluding carboxylic acids is 1. The van der Waals surface area contributed by atoms with Gasteiger partial charge in [0.2, 0.25) is 5.91 Å². The van der Waals surface area contributed by atoms with E-state index in [9.17, 15) is 18.0 Å². The van der Waals surface area contributed by atoms with Crippen molar-refractivity contribution in [3.8, 4) is 11.1 Å². The molecule has 30 heavy (non-hydrogen) atoms. The average Bonchev–Trinajstić information content (AvgIpc) is 3.19. The molecule has 2 N–H and O–H groups in total. The quantitative estimate of drug-likeness (QED) is 0.529. The Morgan fingerprint density at radius 1 is 1.10 bits per heavy atom. The molecule has 1 aromatic heterocycles. The molecule has 0 atom stereocenters. The number of rotatable bonds is 5. The fourth-order valence-corrected chi connectivity index (χ4v) is 4.22. The molecule has 4 rings (SSSR count). The van der Waals surface area contributed by atoms with Gasteiger partial charge in [-0.05, 0) is 35.7 Å². The third-order valence-corrected chi connectivity index (χ3v) is 5.76. The molecule has 0 saturated heterocycles. The van der Waals surface area contributed by atoms with Crippen molar-refractivity contribution in [2.75, 3.05) is 22.9 Å². The van der Waals surface area contributed by atoms with Crippen LogP contribution in [-0.2, 0) is 17.4 Å². The number of nitrogens with zero attached hydrogens (tertiary/aromatic N) is 1. The summed E-state index contributed by atoms with van der Waals surface area (Å²) < 4.78 is 40.3. The SMILES string of the molecule is O=C(CSc1cc2c(cc1C(F)(F)F)NCC2)Nc1cncc(-c2ccccc2)c1. The maximum Gasteiger partial charge on any atom is 0.417 e. The van der Waals surface area contributed by atoms with Crippen LogP contribution in [0.25, 0.3) is 11.1 Å². The predicted octanol–water partition coefficient (Wildman–Crippen LogP) is 5.47. The number of hydrogen-bond donors (Lipinski definition) is 2. The minimum atomic E-state index is -4.48. The molecule has 1 aliphatic rings. The average molecular weight is 429 g/mol. The van der Waals surface area contributed by atoms with Gasteiger partial charge in [0.1, 0.15) is 0 Å². The maximum absolute atomic E-state index is 13.4. The normalized spacial score (nSPS) is 12.9. The number of alkyl halides is 3. The van der Waals surface area contributed by atoms with Crippen LogP contribution >= 0.6 is 11.8 Å². The van der Waals surface area contributed by atoms with Crippen LogP contribution in [0.4, 0.5) is 24.5 Å². The van der Waals surface area contributed by atoms with Gasteiger partial charge in [-0.2, -0.15) is 13.2 Å². The summed E-state index contributed by atoms with van der Waals surface area (Å²) in [5.74, 6) is -0.524. The van der Waals surface area contributed by atoms with E-state index in [0.717, 1.165) is 34.5 Å². The van der Waals surface area contributed by atoms with E-state index in [4.69, 9.17) is 0 Å². The molecule has 0 radical (unpaired) electrons. The fraction of sp³-hybridized carbons (Fsp3) is 0.182. The molecule has 4 nitrogen and oxygen atoms in total. The summed E-state index contributed by atoms with van der Waals surface area (Å²) in [5, 5.41) is 5.68. The van der Waals surface area contributed by atoms with Crippen molar-refractivity contribution in [3.63, 3.8) is 0 Å². The monoisotopic (exact) mass is 429 g/mol. The topological polar surface area (TPSA) is 54.0 Å². The van der Waals surface area contributed by atoms with Crippen LogP contribution in [0.1, 0.15) is 11.1 Å². The molecule has 1 aliphatic heterocycles. The number of thioether (sulfide) groups is 1. The molecule has 0 saturated carbocycles. The highest BCUT2D eigenvalue weighted by Gasteiger charge is 2.35. The van der Waals surface area contributed by atoms with Gasteiger partial charge < -0.3 is 10.6 Å². The lowest BCUT2D eigenvalue weighted by molar-refractivity contribution is -0.139. The number of amides is 1. The lowest BCUT2D eigenvalue weighted by Crippen LogP contribution is -2.15. The molecule has 0 aliphatic carbocycles. The first-order valence-corrected chi connectivity index (χ1v) is 10.3. The van der Waals surface area contributed by atoms with Crippen LogP contribution < -0.4 is 10.6 Å². The fourth-order valence-electron chi connectivity index (χ4n) is 3.30. The van der Waals surface area contributed by atoms with E-state index in [1.54, 1.807) is 12.3 Å². The van der Waals surface area contributed by atoms with Gasteiger partial charge in [0, 0.05) is 28.9 Å². The first-order chi connectivity index (χ1) is 14.4. The zero-order chi connectivity index (χ0) is 21.1. The molecular formula is C22H18F3N3OS. The van der Waals surface area contributed by atoms with Gasteiger partial charge in [0.25, 0.3) is 0 Å². The summed E-state index contributed by atoms with van der Waals surface area (Å²) >= 11 is 0.888. The highest BCUT2D eigenvalue weighted by molar-refractivity contribution is 8.00. The molecular weight excluding hydrogens is 411 g/mol. The van der Waals surface area contributed by atoms with E-state index in [0.29, 0.717) is 24.3 Å². The maximum atomic E-state index is 13.4. The number of fused-ring (bicyclic) bond motifs is 1. The van der Waals surface area contributed by atoms with Crippen LogP contribution in [0.2, 0.25) is 0 Å². The number of carbonyl (C=O) groups is 1. The van der Waals surface area contributed by atoms with Crippen molar-refractivity contribution in [1.82, 2.24) is 4.98 Å². The second kappa shape index (κ2) is 8.39. The Kier molecular flexibility index (Phi) is 5.67. The molecule has 3 aromatic rings. The van der Waals surface area contributed by atoms with E-state index >= 15 is 0 Å². The molecule has 2 heterocycles. The minimum absolute atomic E-state index is 0.0660. The summed E-state index contributed by atoms with van der Waals surface area (Å²) in [6.07, 6.45) is -0.609. The molecule has 154 valence electrons. The van der Waals surface area contributed by atoms with Crippen molar-refractivity contribution >= 4 is 29.0 Å². The van der Waals surface area contributed by atoms with Gasteiger partial charge in [-0.3, -0.25) is 9.78 Å².